The highest BCUT2D eigenvalue weighted by Crippen LogP contribution is 2.12. The molecule has 5 heteroatoms. The molecule has 0 bridgehead atoms. The SMILES string of the molecule is Cc1nocc1C=N[S@](=O)C(C)(C)C. The number of hydrogen-bond donors (Lipinski definition) is 0. The molecule has 78 valence electrons. The van der Waals surface area contributed by atoms with Crippen molar-refractivity contribution in [1.29, 1.82) is 0 Å². The zero-order valence-electron chi connectivity index (χ0n) is 8.77. The lowest BCUT2D eigenvalue weighted by molar-refractivity contribution is 0.415. The fourth-order valence-corrected chi connectivity index (χ4v) is 1.21. The molecule has 1 atom stereocenters. The average molecular weight is 214 g/mol. The van der Waals surface area contributed by atoms with Crippen molar-refractivity contribution in [2.45, 2.75) is 32.4 Å². The first-order chi connectivity index (χ1) is 6.41. The molecule has 0 aromatic carbocycles. The van der Waals surface area contributed by atoms with Crippen LogP contribution in [0.2, 0.25) is 0 Å². The Balaban J connectivity index is 2.75. The summed E-state index contributed by atoms with van der Waals surface area (Å²) in [6.07, 6.45) is 3.02. The minimum absolute atomic E-state index is 0.332. The van der Waals surface area contributed by atoms with Gasteiger partial charge < -0.3 is 4.52 Å². The Kier molecular flexibility index (Phi) is 3.21. The second-order valence-corrected chi connectivity index (χ2v) is 5.89. The highest BCUT2D eigenvalue weighted by Gasteiger charge is 2.18. The summed E-state index contributed by atoms with van der Waals surface area (Å²) in [6.45, 7) is 7.44. The van der Waals surface area contributed by atoms with E-state index in [1.165, 1.54) is 12.5 Å². The van der Waals surface area contributed by atoms with Gasteiger partial charge in [0, 0.05) is 0 Å². The molecule has 0 saturated carbocycles. The van der Waals surface area contributed by atoms with Crippen LogP contribution >= 0.6 is 0 Å². The number of aryl methyl sites for hydroxylation is 1. The molecule has 0 N–H and O–H groups in total. The number of aromatic nitrogens is 1. The van der Waals surface area contributed by atoms with Crippen LogP contribution in [-0.4, -0.2) is 20.3 Å². The lowest BCUT2D eigenvalue weighted by Gasteiger charge is -2.12. The van der Waals surface area contributed by atoms with E-state index in [1.807, 2.05) is 27.7 Å². The zero-order valence-corrected chi connectivity index (χ0v) is 9.59. The molecule has 0 aliphatic heterocycles. The third kappa shape index (κ3) is 2.77. The predicted octanol–water partition coefficient (Wildman–Crippen LogP) is 1.86. The van der Waals surface area contributed by atoms with E-state index >= 15 is 0 Å². The van der Waals surface area contributed by atoms with Crippen LogP contribution in [0.3, 0.4) is 0 Å². The Bertz CT molecular complexity index is 363. The molecule has 0 spiro atoms. The number of rotatable bonds is 2. The summed E-state index contributed by atoms with van der Waals surface area (Å²) in [7, 11) is -1.23. The minimum atomic E-state index is -1.23. The van der Waals surface area contributed by atoms with E-state index < -0.39 is 11.0 Å². The molecule has 0 amide bonds. The molecule has 0 unspecified atom stereocenters. The Morgan fingerprint density at radius 3 is 2.64 bits per heavy atom. The van der Waals surface area contributed by atoms with E-state index in [4.69, 9.17) is 4.52 Å². The first-order valence-electron chi connectivity index (χ1n) is 4.28. The van der Waals surface area contributed by atoms with Gasteiger partial charge in [0.1, 0.15) is 17.2 Å². The first kappa shape index (κ1) is 11.1. The van der Waals surface area contributed by atoms with Crippen LogP contribution in [0.5, 0.6) is 0 Å². The average Bonchev–Trinajstić information content (AvgIpc) is 2.45. The lowest BCUT2D eigenvalue weighted by Crippen LogP contribution is -2.19. The summed E-state index contributed by atoms with van der Waals surface area (Å²) in [5.41, 5.74) is 1.52. The van der Waals surface area contributed by atoms with Gasteiger partial charge in [-0.2, -0.15) is 4.40 Å². The van der Waals surface area contributed by atoms with Crippen molar-refractivity contribution < 1.29 is 8.73 Å². The van der Waals surface area contributed by atoms with Gasteiger partial charge in [0.15, 0.2) is 0 Å². The van der Waals surface area contributed by atoms with E-state index in [0.717, 1.165) is 11.3 Å². The monoisotopic (exact) mass is 214 g/mol. The maximum absolute atomic E-state index is 11.5. The zero-order chi connectivity index (χ0) is 10.8. The van der Waals surface area contributed by atoms with Crippen LogP contribution in [-0.2, 0) is 11.0 Å². The topological polar surface area (TPSA) is 55.5 Å². The van der Waals surface area contributed by atoms with E-state index in [1.54, 1.807) is 0 Å². The van der Waals surface area contributed by atoms with Gasteiger partial charge in [-0.3, -0.25) is 0 Å². The Labute approximate surface area is 86.0 Å². The van der Waals surface area contributed by atoms with E-state index in [2.05, 4.69) is 9.55 Å². The van der Waals surface area contributed by atoms with Gasteiger partial charge in [0.05, 0.1) is 22.2 Å². The summed E-state index contributed by atoms with van der Waals surface area (Å²) >= 11 is 0. The third-order valence-corrected chi connectivity index (χ3v) is 2.94. The van der Waals surface area contributed by atoms with Crippen LogP contribution in [0.4, 0.5) is 0 Å². The Morgan fingerprint density at radius 1 is 1.57 bits per heavy atom. The molecule has 1 aromatic heterocycles. The standard InChI is InChI=1S/C9H14N2O2S/c1-7-8(6-13-11-7)5-10-14(12)9(2,3)4/h5-6H,1-4H3/t14-/m1/s1. The van der Waals surface area contributed by atoms with Crippen LogP contribution in [0.15, 0.2) is 15.2 Å². The number of hydrogen-bond acceptors (Lipinski definition) is 3. The van der Waals surface area contributed by atoms with Crippen LogP contribution in [0.25, 0.3) is 0 Å². The lowest BCUT2D eigenvalue weighted by atomic mass is 10.3. The maximum Gasteiger partial charge on any atom is 0.144 e. The van der Waals surface area contributed by atoms with Crippen LogP contribution < -0.4 is 0 Å². The summed E-state index contributed by atoms with van der Waals surface area (Å²) < 4.78 is 19.9. The molecule has 0 aliphatic carbocycles. The molecule has 1 heterocycles. The predicted molar refractivity (Wildman–Crippen MR) is 56.7 cm³/mol. The van der Waals surface area contributed by atoms with Crippen molar-refractivity contribution in [2.75, 3.05) is 0 Å². The molecule has 0 aliphatic rings. The smallest absolute Gasteiger partial charge is 0.144 e. The number of nitrogens with zero attached hydrogens (tertiary/aromatic N) is 2. The minimum Gasteiger partial charge on any atom is -0.364 e. The van der Waals surface area contributed by atoms with E-state index in [9.17, 15) is 4.21 Å². The van der Waals surface area contributed by atoms with Crippen molar-refractivity contribution >= 4 is 17.2 Å². The van der Waals surface area contributed by atoms with Gasteiger partial charge in [0.2, 0.25) is 0 Å². The molecule has 14 heavy (non-hydrogen) atoms. The highest BCUT2D eigenvalue weighted by molar-refractivity contribution is 7.85. The van der Waals surface area contributed by atoms with Crippen molar-refractivity contribution in [1.82, 2.24) is 5.16 Å². The molecular weight excluding hydrogens is 200 g/mol. The van der Waals surface area contributed by atoms with Gasteiger partial charge in [-0.25, -0.2) is 4.21 Å². The summed E-state index contributed by atoms with van der Waals surface area (Å²) in [5, 5.41) is 3.69. The summed E-state index contributed by atoms with van der Waals surface area (Å²) in [6, 6.07) is 0. The van der Waals surface area contributed by atoms with Gasteiger partial charge >= 0.3 is 0 Å². The maximum atomic E-state index is 11.5. The fraction of sp³-hybridized carbons (Fsp3) is 0.556. The molecule has 4 nitrogen and oxygen atoms in total. The van der Waals surface area contributed by atoms with Gasteiger partial charge in [-0.1, -0.05) is 5.16 Å². The first-order valence-corrected chi connectivity index (χ1v) is 5.39. The summed E-state index contributed by atoms with van der Waals surface area (Å²) in [5.74, 6) is 0. The molecule has 1 rings (SSSR count). The third-order valence-electron chi connectivity index (χ3n) is 1.60. The molecular formula is C9H14N2O2S. The molecule has 0 radical (unpaired) electrons. The normalized spacial score (nSPS) is 14.9. The Morgan fingerprint density at radius 2 is 2.21 bits per heavy atom. The van der Waals surface area contributed by atoms with Gasteiger partial charge in [-0.05, 0) is 27.7 Å². The van der Waals surface area contributed by atoms with E-state index in [0.29, 0.717) is 0 Å². The van der Waals surface area contributed by atoms with Crippen LogP contribution in [0, 0.1) is 6.92 Å². The van der Waals surface area contributed by atoms with Crippen molar-refractivity contribution in [3.05, 3.63) is 17.5 Å². The largest absolute Gasteiger partial charge is 0.364 e. The fourth-order valence-electron chi connectivity index (χ4n) is 0.687. The van der Waals surface area contributed by atoms with Gasteiger partial charge in [0.25, 0.3) is 0 Å². The molecule has 0 saturated heterocycles. The highest BCUT2D eigenvalue weighted by atomic mass is 32.2. The molecule has 0 fully saturated rings. The second kappa shape index (κ2) is 4.04. The van der Waals surface area contributed by atoms with Gasteiger partial charge in [-0.15, -0.1) is 0 Å². The van der Waals surface area contributed by atoms with E-state index in [-0.39, 0.29) is 4.75 Å². The summed E-state index contributed by atoms with van der Waals surface area (Å²) in [4.78, 5) is 0. The molecule has 1 aromatic rings. The van der Waals surface area contributed by atoms with Crippen molar-refractivity contribution in [3.8, 4) is 0 Å². The van der Waals surface area contributed by atoms with Crippen LogP contribution in [0.1, 0.15) is 32.0 Å². The van der Waals surface area contributed by atoms with Crippen molar-refractivity contribution in [3.63, 3.8) is 0 Å². The van der Waals surface area contributed by atoms with Crippen molar-refractivity contribution in [2.24, 2.45) is 4.40 Å². The quantitative estimate of drug-likeness (QED) is 0.706. The second-order valence-electron chi connectivity index (χ2n) is 3.95. The Hall–Kier alpha value is -0.970.